The van der Waals surface area contributed by atoms with Crippen LogP contribution in [0.25, 0.3) is 0 Å². The van der Waals surface area contributed by atoms with Crippen molar-refractivity contribution in [2.45, 2.75) is 45.5 Å². The number of nitrogens with zero attached hydrogens (tertiary/aromatic N) is 2. The lowest BCUT2D eigenvalue weighted by atomic mass is 10.1. The Morgan fingerprint density at radius 2 is 2.03 bits per heavy atom. The van der Waals surface area contributed by atoms with Crippen LogP contribution in [-0.2, 0) is 27.5 Å². The highest BCUT2D eigenvalue weighted by Crippen LogP contribution is 2.27. The van der Waals surface area contributed by atoms with Gasteiger partial charge in [0, 0.05) is 30.5 Å². The number of nitrogens with two attached hydrogens (primary N) is 1. The zero-order chi connectivity index (χ0) is 21.5. The molecule has 1 aromatic carbocycles. The van der Waals surface area contributed by atoms with E-state index in [1.54, 1.807) is 18.2 Å². The summed E-state index contributed by atoms with van der Waals surface area (Å²) >= 11 is 0. The molecule has 0 spiro atoms. The van der Waals surface area contributed by atoms with Crippen molar-refractivity contribution < 1.29 is 18.7 Å². The number of nitrogens with one attached hydrogen (secondary N) is 1. The van der Waals surface area contributed by atoms with Gasteiger partial charge in [-0.3, -0.25) is 15.2 Å². The topological polar surface area (TPSA) is 102 Å². The second-order valence-electron chi connectivity index (χ2n) is 7.42. The van der Waals surface area contributed by atoms with Gasteiger partial charge in [-0.2, -0.15) is 0 Å². The van der Waals surface area contributed by atoms with E-state index in [1.807, 2.05) is 30.2 Å². The van der Waals surface area contributed by atoms with Gasteiger partial charge in [0.05, 0.1) is 18.4 Å². The van der Waals surface area contributed by atoms with Crippen LogP contribution in [0.1, 0.15) is 36.1 Å². The number of aryl methyl sites for hydroxylation is 1. The number of carbonyl (C=O) groups is 1. The molecule has 0 atom stereocenters. The summed E-state index contributed by atoms with van der Waals surface area (Å²) in [6, 6.07) is 9.05. The number of aromatic nitrogens is 1. The Kier molecular flexibility index (Phi) is 7.35. The molecular formula is C22H27FN4O3. The maximum absolute atomic E-state index is 14.9. The predicted octanol–water partition coefficient (Wildman–Crippen LogP) is 3.08. The Morgan fingerprint density at radius 3 is 2.70 bits per heavy atom. The highest BCUT2D eigenvalue weighted by atomic mass is 19.1. The van der Waals surface area contributed by atoms with Crippen molar-refractivity contribution in [3.8, 4) is 0 Å². The molecule has 1 fully saturated rings. The van der Waals surface area contributed by atoms with Gasteiger partial charge in [0.2, 0.25) is 0 Å². The number of anilines is 1. The van der Waals surface area contributed by atoms with Gasteiger partial charge in [-0.05, 0) is 37.5 Å². The molecular weight excluding hydrogens is 387 g/mol. The van der Waals surface area contributed by atoms with Gasteiger partial charge in [-0.25, -0.2) is 4.39 Å². The van der Waals surface area contributed by atoms with Crippen molar-refractivity contribution in [2.24, 2.45) is 5.73 Å². The summed E-state index contributed by atoms with van der Waals surface area (Å²) in [6.45, 7) is 3.65. The molecule has 160 valence electrons. The minimum atomic E-state index is -0.644. The summed E-state index contributed by atoms with van der Waals surface area (Å²) in [4.78, 5) is 17.8. The zero-order valence-corrected chi connectivity index (χ0v) is 17.1. The first-order valence-electron chi connectivity index (χ1n) is 9.96. The van der Waals surface area contributed by atoms with Gasteiger partial charge in [-0.15, -0.1) is 0 Å². The van der Waals surface area contributed by atoms with Crippen molar-refractivity contribution in [2.75, 3.05) is 18.0 Å². The molecule has 0 amide bonds. The van der Waals surface area contributed by atoms with Crippen LogP contribution in [0.3, 0.4) is 0 Å². The second kappa shape index (κ2) is 10.2. The van der Waals surface area contributed by atoms with E-state index in [9.17, 15) is 9.18 Å². The van der Waals surface area contributed by atoms with E-state index in [2.05, 4.69) is 4.98 Å². The SMILES string of the molecule is Cc1ccc(COC2CCN(c3cccc(COC(=O)CC(=N)N)c3F)CC2)cn1. The minimum Gasteiger partial charge on any atom is -0.460 e. The van der Waals surface area contributed by atoms with Gasteiger partial charge >= 0.3 is 5.97 Å². The zero-order valence-electron chi connectivity index (χ0n) is 17.1. The molecule has 1 aliphatic heterocycles. The Bertz CT molecular complexity index is 880. The minimum absolute atomic E-state index is 0.126. The van der Waals surface area contributed by atoms with Crippen LogP contribution in [-0.4, -0.2) is 36.0 Å². The summed E-state index contributed by atoms with van der Waals surface area (Å²) in [5, 5.41) is 7.10. The van der Waals surface area contributed by atoms with Gasteiger partial charge < -0.3 is 20.1 Å². The molecule has 1 aliphatic rings. The third kappa shape index (κ3) is 6.00. The first-order chi connectivity index (χ1) is 14.4. The summed E-state index contributed by atoms with van der Waals surface area (Å²) < 4.78 is 25.9. The van der Waals surface area contributed by atoms with E-state index in [1.165, 1.54) is 0 Å². The lowest BCUT2D eigenvalue weighted by Crippen LogP contribution is -2.37. The Balaban J connectivity index is 1.51. The Hall–Kier alpha value is -3.00. The van der Waals surface area contributed by atoms with Crippen LogP contribution >= 0.6 is 0 Å². The number of hydrogen-bond donors (Lipinski definition) is 2. The summed E-state index contributed by atoms with van der Waals surface area (Å²) in [5.41, 5.74) is 7.99. The lowest BCUT2D eigenvalue weighted by Gasteiger charge is -2.34. The van der Waals surface area contributed by atoms with E-state index in [-0.39, 0.29) is 25.0 Å². The highest BCUT2D eigenvalue weighted by Gasteiger charge is 2.23. The van der Waals surface area contributed by atoms with Crippen LogP contribution in [0.15, 0.2) is 36.5 Å². The quantitative estimate of drug-likeness (QED) is 0.391. The van der Waals surface area contributed by atoms with E-state index in [0.717, 1.165) is 24.1 Å². The van der Waals surface area contributed by atoms with Crippen LogP contribution in [0.2, 0.25) is 0 Å². The number of amidine groups is 1. The van der Waals surface area contributed by atoms with Crippen molar-refractivity contribution in [1.29, 1.82) is 5.41 Å². The number of pyridine rings is 1. The molecule has 1 aromatic heterocycles. The number of esters is 1. The molecule has 2 aromatic rings. The second-order valence-corrected chi connectivity index (χ2v) is 7.42. The van der Waals surface area contributed by atoms with Crippen molar-refractivity contribution >= 4 is 17.5 Å². The number of halogens is 1. The van der Waals surface area contributed by atoms with Crippen molar-refractivity contribution in [3.63, 3.8) is 0 Å². The fraction of sp³-hybridized carbons (Fsp3) is 0.409. The van der Waals surface area contributed by atoms with E-state index < -0.39 is 11.8 Å². The number of rotatable bonds is 8. The third-order valence-corrected chi connectivity index (χ3v) is 5.02. The van der Waals surface area contributed by atoms with Crippen LogP contribution < -0.4 is 10.6 Å². The average Bonchev–Trinajstić information content (AvgIpc) is 2.73. The summed E-state index contributed by atoms with van der Waals surface area (Å²) in [6.07, 6.45) is 3.26. The molecule has 7 nitrogen and oxygen atoms in total. The highest BCUT2D eigenvalue weighted by molar-refractivity contribution is 5.94. The predicted molar refractivity (Wildman–Crippen MR) is 112 cm³/mol. The monoisotopic (exact) mass is 414 g/mol. The third-order valence-electron chi connectivity index (χ3n) is 5.02. The molecule has 30 heavy (non-hydrogen) atoms. The Morgan fingerprint density at radius 1 is 1.27 bits per heavy atom. The molecule has 0 radical (unpaired) electrons. The van der Waals surface area contributed by atoms with Gasteiger partial charge in [0.25, 0.3) is 0 Å². The lowest BCUT2D eigenvalue weighted by molar-refractivity contribution is -0.143. The molecule has 3 rings (SSSR count). The van der Waals surface area contributed by atoms with E-state index >= 15 is 0 Å². The molecule has 0 aliphatic carbocycles. The maximum Gasteiger partial charge on any atom is 0.313 e. The normalized spacial score (nSPS) is 14.5. The molecule has 0 saturated carbocycles. The largest absolute Gasteiger partial charge is 0.460 e. The van der Waals surface area contributed by atoms with E-state index in [4.69, 9.17) is 20.6 Å². The number of benzene rings is 1. The molecule has 0 unspecified atom stereocenters. The molecule has 2 heterocycles. The first-order valence-corrected chi connectivity index (χ1v) is 9.96. The number of hydrogen-bond acceptors (Lipinski definition) is 6. The smallest absolute Gasteiger partial charge is 0.313 e. The van der Waals surface area contributed by atoms with Crippen LogP contribution in [0.4, 0.5) is 10.1 Å². The van der Waals surface area contributed by atoms with Crippen LogP contribution in [0.5, 0.6) is 0 Å². The molecule has 0 bridgehead atoms. The van der Waals surface area contributed by atoms with Crippen molar-refractivity contribution in [3.05, 3.63) is 59.2 Å². The number of ether oxygens (including phenoxy) is 2. The molecule has 1 saturated heterocycles. The number of piperidine rings is 1. The fourth-order valence-electron chi connectivity index (χ4n) is 3.35. The standard InChI is InChI=1S/C22H27FN4O3/c1-15-5-6-16(12-26-15)13-29-18-7-9-27(10-8-18)19-4-2-3-17(22(19)23)14-30-21(28)11-20(24)25/h2-6,12,18H,7-11,13-14H2,1H3,(H3,24,25). The van der Waals surface area contributed by atoms with Gasteiger partial charge in [0.1, 0.15) is 18.9 Å². The van der Waals surface area contributed by atoms with Gasteiger partial charge in [0.15, 0.2) is 5.82 Å². The fourth-order valence-corrected chi connectivity index (χ4v) is 3.35. The molecule has 8 heteroatoms. The molecule has 3 N–H and O–H groups in total. The first kappa shape index (κ1) is 21.7. The summed E-state index contributed by atoms with van der Waals surface area (Å²) in [7, 11) is 0. The number of carbonyl (C=O) groups excluding carboxylic acids is 1. The van der Waals surface area contributed by atoms with Gasteiger partial charge in [-0.1, -0.05) is 18.2 Å². The summed E-state index contributed by atoms with van der Waals surface area (Å²) in [5.74, 6) is -1.31. The average molecular weight is 414 g/mol. The van der Waals surface area contributed by atoms with E-state index in [0.29, 0.717) is 30.9 Å². The Labute approximate surface area is 175 Å². The maximum atomic E-state index is 14.9. The van der Waals surface area contributed by atoms with Crippen LogP contribution in [0, 0.1) is 18.2 Å². The van der Waals surface area contributed by atoms with Crippen molar-refractivity contribution in [1.82, 2.24) is 4.98 Å².